The summed E-state index contributed by atoms with van der Waals surface area (Å²) in [5.41, 5.74) is 0. The smallest absolute Gasteiger partial charge is 0.307 e. The molecule has 7 nitrogen and oxygen atoms in total. The number of aromatic amines is 1. The number of nitrogens with one attached hydrogen (secondary N) is 2. The molecule has 1 fully saturated rings. The van der Waals surface area contributed by atoms with E-state index < -0.39 is 17.8 Å². The van der Waals surface area contributed by atoms with E-state index in [1.807, 2.05) is 6.92 Å². The average molecular weight is 280 g/mol. The van der Waals surface area contributed by atoms with Gasteiger partial charge in [-0.3, -0.25) is 14.7 Å². The van der Waals surface area contributed by atoms with Crippen LogP contribution in [0.15, 0.2) is 6.33 Å². The normalized spacial score (nSPS) is 25.6. The first-order chi connectivity index (χ1) is 9.61. The van der Waals surface area contributed by atoms with Gasteiger partial charge in [-0.2, -0.15) is 5.10 Å². The maximum Gasteiger partial charge on any atom is 0.307 e. The highest BCUT2D eigenvalue weighted by molar-refractivity contribution is 5.85. The summed E-state index contributed by atoms with van der Waals surface area (Å²) in [4.78, 5) is 27.3. The minimum absolute atomic E-state index is 0.159. The van der Waals surface area contributed by atoms with Crippen molar-refractivity contribution in [2.75, 3.05) is 6.54 Å². The van der Waals surface area contributed by atoms with Crippen molar-refractivity contribution >= 4 is 11.9 Å². The lowest BCUT2D eigenvalue weighted by atomic mass is 9.95. The highest BCUT2D eigenvalue weighted by Crippen LogP contribution is 2.38. The monoisotopic (exact) mass is 280 g/mol. The summed E-state index contributed by atoms with van der Waals surface area (Å²) in [6.45, 7) is 2.47. The molecule has 0 saturated heterocycles. The number of hydrogen-bond acceptors (Lipinski definition) is 4. The number of amides is 1. The highest BCUT2D eigenvalue weighted by atomic mass is 16.4. The molecule has 1 aromatic heterocycles. The number of nitrogens with zero attached hydrogens (tertiary/aromatic N) is 2. The van der Waals surface area contributed by atoms with Crippen LogP contribution in [0.2, 0.25) is 0 Å². The molecular weight excluding hydrogens is 260 g/mol. The van der Waals surface area contributed by atoms with Crippen LogP contribution in [0.25, 0.3) is 0 Å². The van der Waals surface area contributed by atoms with Crippen LogP contribution in [0.3, 0.4) is 0 Å². The third kappa shape index (κ3) is 3.34. The molecule has 0 spiro atoms. The largest absolute Gasteiger partial charge is 0.481 e. The second kappa shape index (κ2) is 6.49. The molecule has 1 amide bonds. The Morgan fingerprint density at radius 1 is 1.45 bits per heavy atom. The molecule has 1 aromatic rings. The highest BCUT2D eigenvalue weighted by Gasteiger charge is 2.41. The number of hydrogen-bond donors (Lipinski definition) is 3. The van der Waals surface area contributed by atoms with Gasteiger partial charge in [-0.1, -0.05) is 13.3 Å². The van der Waals surface area contributed by atoms with E-state index >= 15 is 0 Å². The summed E-state index contributed by atoms with van der Waals surface area (Å²) in [7, 11) is 0. The molecule has 0 aromatic carbocycles. The zero-order valence-electron chi connectivity index (χ0n) is 11.5. The molecule has 20 heavy (non-hydrogen) atoms. The lowest BCUT2D eigenvalue weighted by Crippen LogP contribution is -2.36. The standard InChI is InChI=1S/C13H20N4O3/c1-2-8-5-9(10(6-8)13(19)20)12(18)14-4-3-11-15-7-16-17-11/h7-10H,2-6H2,1H3,(H,14,18)(H,19,20)(H,15,16,17). The summed E-state index contributed by atoms with van der Waals surface area (Å²) in [6, 6.07) is 0. The van der Waals surface area contributed by atoms with Crippen molar-refractivity contribution in [3.8, 4) is 0 Å². The molecule has 0 radical (unpaired) electrons. The van der Waals surface area contributed by atoms with E-state index in [4.69, 9.17) is 0 Å². The molecule has 1 heterocycles. The fourth-order valence-electron chi connectivity index (χ4n) is 2.83. The summed E-state index contributed by atoms with van der Waals surface area (Å²) >= 11 is 0. The van der Waals surface area contributed by atoms with E-state index in [1.165, 1.54) is 6.33 Å². The van der Waals surface area contributed by atoms with Gasteiger partial charge in [-0.05, 0) is 18.8 Å². The lowest BCUT2D eigenvalue weighted by molar-refractivity contribution is -0.146. The predicted octanol–water partition coefficient (Wildman–Crippen LogP) is 0.600. The molecule has 1 aliphatic rings. The first-order valence-corrected chi connectivity index (χ1v) is 6.96. The summed E-state index contributed by atoms with van der Waals surface area (Å²) in [5, 5.41) is 18.5. The molecule has 3 N–H and O–H groups in total. The minimum atomic E-state index is -0.865. The van der Waals surface area contributed by atoms with Crippen LogP contribution in [-0.4, -0.2) is 38.7 Å². The van der Waals surface area contributed by atoms with Gasteiger partial charge in [0.2, 0.25) is 5.91 Å². The number of carboxylic acids is 1. The third-order valence-electron chi connectivity index (χ3n) is 4.02. The second-order valence-corrected chi connectivity index (χ2v) is 5.27. The van der Waals surface area contributed by atoms with Crippen LogP contribution < -0.4 is 5.32 Å². The van der Waals surface area contributed by atoms with E-state index in [9.17, 15) is 14.7 Å². The van der Waals surface area contributed by atoms with Crippen molar-refractivity contribution in [2.24, 2.45) is 17.8 Å². The molecule has 2 rings (SSSR count). The van der Waals surface area contributed by atoms with Crippen molar-refractivity contribution in [1.82, 2.24) is 20.5 Å². The fraction of sp³-hybridized carbons (Fsp3) is 0.692. The zero-order valence-corrected chi connectivity index (χ0v) is 11.5. The number of carbonyl (C=O) groups is 2. The molecule has 3 atom stereocenters. The maximum atomic E-state index is 12.1. The maximum absolute atomic E-state index is 12.1. The summed E-state index contributed by atoms with van der Waals surface area (Å²) in [5.74, 6) is -0.944. The Balaban J connectivity index is 1.85. The first kappa shape index (κ1) is 14.5. The predicted molar refractivity (Wildman–Crippen MR) is 70.7 cm³/mol. The van der Waals surface area contributed by atoms with Gasteiger partial charge in [0.15, 0.2) is 0 Å². The van der Waals surface area contributed by atoms with Crippen LogP contribution in [-0.2, 0) is 16.0 Å². The quantitative estimate of drug-likeness (QED) is 0.707. The Labute approximate surface area is 117 Å². The molecule has 110 valence electrons. The van der Waals surface area contributed by atoms with Crippen molar-refractivity contribution in [3.05, 3.63) is 12.2 Å². The van der Waals surface area contributed by atoms with Gasteiger partial charge < -0.3 is 10.4 Å². The number of aliphatic carboxylic acids is 1. The number of rotatable bonds is 6. The van der Waals surface area contributed by atoms with Crippen molar-refractivity contribution < 1.29 is 14.7 Å². The Hall–Kier alpha value is -1.92. The van der Waals surface area contributed by atoms with Gasteiger partial charge in [0.1, 0.15) is 12.2 Å². The SMILES string of the molecule is CCC1CC(C(=O)O)C(C(=O)NCCc2ncn[nH]2)C1. The van der Waals surface area contributed by atoms with Gasteiger partial charge in [-0.25, -0.2) is 4.98 Å². The molecule has 1 saturated carbocycles. The van der Waals surface area contributed by atoms with Crippen LogP contribution in [0.4, 0.5) is 0 Å². The summed E-state index contributed by atoms with van der Waals surface area (Å²) < 4.78 is 0. The first-order valence-electron chi connectivity index (χ1n) is 6.96. The Morgan fingerprint density at radius 2 is 2.20 bits per heavy atom. The van der Waals surface area contributed by atoms with Crippen LogP contribution >= 0.6 is 0 Å². The van der Waals surface area contributed by atoms with E-state index in [0.717, 1.165) is 6.42 Å². The molecule has 0 aliphatic heterocycles. The average Bonchev–Trinajstić information content (AvgIpc) is 3.07. The van der Waals surface area contributed by atoms with Gasteiger partial charge >= 0.3 is 5.97 Å². The number of carboxylic acid groups (broad SMARTS) is 1. The number of H-pyrrole nitrogens is 1. The minimum Gasteiger partial charge on any atom is -0.481 e. The van der Waals surface area contributed by atoms with Crippen LogP contribution in [0.5, 0.6) is 0 Å². The molecule has 0 bridgehead atoms. The Kier molecular flexibility index (Phi) is 4.70. The second-order valence-electron chi connectivity index (χ2n) is 5.27. The summed E-state index contributed by atoms with van der Waals surface area (Å²) in [6.07, 6.45) is 4.17. The van der Waals surface area contributed by atoms with Crippen LogP contribution in [0, 0.1) is 17.8 Å². The van der Waals surface area contributed by atoms with Gasteiger partial charge in [-0.15, -0.1) is 0 Å². The zero-order chi connectivity index (χ0) is 14.5. The Morgan fingerprint density at radius 3 is 2.80 bits per heavy atom. The number of aromatic nitrogens is 3. The topological polar surface area (TPSA) is 108 Å². The van der Waals surface area contributed by atoms with Crippen molar-refractivity contribution in [3.63, 3.8) is 0 Å². The molecule has 1 aliphatic carbocycles. The number of carbonyl (C=O) groups excluding carboxylic acids is 1. The van der Waals surface area contributed by atoms with E-state index in [2.05, 4.69) is 20.5 Å². The van der Waals surface area contributed by atoms with E-state index in [-0.39, 0.29) is 5.91 Å². The van der Waals surface area contributed by atoms with Crippen molar-refractivity contribution in [1.29, 1.82) is 0 Å². The van der Waals surface area contributed by atoms with E-state index in [1.54, 1.807) is 0 Å². The third-order valence-corrected chi connectivity index (χ3v) is 4.02. The van der Waals surface area contributed by atoms with Crippen LogP contribution in [0.1, 0.15) is 32.0 Å². The fourth-order valence-corrected chi connectivity index (χ4v) is 2.83. The van der Waals surface area contributed by atoms with Gasteiger partial charge in [0, 0.05) is 13.0 Å². The van der Waals surface area contributed by atoms with Gasteiger partial charge in [0.05, 0.1) is 11.8 Å². The van der Waals surface area contributed by atoms with Gasteiger partial charge in [0.25, 0.3) is 0 Å². The molecular formula is C13H20N4O3. The molecule has 3 unspecified atom stereocenters. The Bertz CT molecular complexity index is 460. The molecule has 7 heteroatoms. The van der Waals surface area contributed by atoms with Crippen molar-refractivity contribution in [2.45, 2.75) is 32.6 Å². The lowest BCUT2D eigenvalue weighted by Gasteiger charge is -2.15. The van der Waals surface area contributed by atoms with E-state index in [0.29, 0.717) is 37.5 Å².